The predicted molar refractivity (Wildman–Crippen MR) is 113 cm³/mol. The number of nitrogens with one attached hydrogen (secondary N) is 1. The number of benzene rings is 1. The molecule has 3 aromatic rings. The van der Waals surface area contributed by atoms with Gasteiger partial charge in [0.25, 0.3) is 5.91 Å². The number of likely N-dealkylation sites (tertiary alicyclic amines) is 1. The molecule has 7 heteroatoms. The summed E-state index contributed by atoms with van der Waals surface area (Å²) < 4.78 is 0. The molecule has 0 saturated carbocycles. The van der Waals surface area contributed by atoms with Crippen molar-refractivity contribution < 1.29 is 9.59 Å². The number of hydrogen-bond donors (Lipinski definition) is 1. The number of thiophene rings is 1. The molecule has 0 aliphatic carbocycles. The topological polar surface area (TPSA) is 62.3 Å². The van der Waals surface area contributed by atoms with Crippen LogP contribution in [0.4, 0.5) is 5.13 Å². The summed E-state index contributed by atoms with van der Waals surface area (Å²) in [5.41, 5.74) is 2.46. The highest BCUT2D eigenvalue weighted by Crippen LogP contribution is 2.25. The van der Waals surface area contributed by atoms with Crippen LogP contribution < -0.4 is 5.32 Å². The zero-order valence-electron chi connectivity index (χ0n) is 15.6. The fraction of sp³-hybridized carbons (Fsp3) is 0.286. The molecule has 0 spiro atoms. The second-order valence-electron chi connectivity index (χ2n) is 6.92. The Morgan fingerprint density at radius 2 is 2.18 bits per heavy atom. The zero-order chi connectivity index (χ0) is 19.5. The minimum absolute atomic E-state index is 0.0630. The monoisotopic (exact) mass is 411 g/mol. The summed E-state index contributed by atoms with van der Waals surface area (Å²) in [5.74, 6) is -0.217. The number of anilines is 1. The fourth-order valence-electron chi connectivity index (χ4n) is 3.48. The number of amides is 2. The molecule has 1 saturated heterocycles. The van der Waals surface area contributed by atoms with Crippen molar-refractivity contribution in [1.29, 1.82) is 0 Å². The summed E-state index contributed by atoms with van der Waals surface area (Å²) in [4.78, 5) is 33.2. The van der Waals surface area contributed by atoms with Crippen molar-refractivity contribution >= 4 is 39.6 Å². The largest absolute Gasteiger partial charge is 0.326 e. The Kier molecular flexibility index (Phi) is 5.54. The molecule has 2 aromatic heterocycles. The Labute approximate surface area is 172 Å². The van der Waals surface area contributed by atoms with Crippen molar-refractivity contribution in [2.45, 2.75) is 32.2 Å². The summed E-state index contributed by atoms with van der Waals surface area (Å²) >= 11 is 2.89. The zero-order valence-corrected chi connectivity index (χ0v) is 17.2. The molecule has 1 aliphatic heterocycles. The average molecular weight is 412 g/mol. The third-order valence-corrected chi connectivity index (χ3v) is 6.56. The van der Waals surface area contributed by atoms with Crippen molar-refractivity contribution in [3.63, 3.8) is 0 Å². The Morgan fingerprint density at radius 3 is 2.96 bits per heavy atom. The lowest BCUT2D eigenvalue weighted by atomic mass is 10.1. The van der Waals surface area contributed by atoms with E-state index in [0.29, 0.717) is 23.0 Å². The average Bonchev–Trinajstić information content (AvgIpc) is 3.43. The Morgan fingerprint density at radius 1 is 1.29 bits per heavy atom. The first-order valence-corrected chi connectivity index (χ1v) is 11.0. The van der Waals surface area contributed by atoms with Crippen molar-refractivity contribution in [2.75, 3.05) is 11.9 Å². The van der Waals surface area contributed by atoms with Crippen LogP contribution >= 0.6 is 22.7 Å². The quantitative estimate of drug-likeness (QED) is 0.679. The molecule has 144 valence electrons. The molecule has 0 unspecified atom stereocenters. The van der Waals surface area contributed by atoms with Gasteiger partial charge < -0.3 is 10.2 Å². The summed E-state index contributed by atoms with van der Waals surface area (Å²) in [7, 11) is 0. The normalized spacial score (nSPS) is 16.3. The van der Waals surface area contributed by atoms with E-state index in [1.807, 2.05) is 23.7 Å². The van der Waals surface area contributed by atoms with E-state index in [4.69, 9.17) is 0 Å². The minimum atomic E-state index is -0.432. The van der Waals surface area contributed by atoms with Crippen LogP contribution in [-0.4, -0.2) is 34.3 Å². The van der Waals surface area contributed by atoms with Gasteiger partial charge in [-0.3, -0.25) is 9.59 Å². The lowest BCUT2D eigenvalue weighted by Gasteiger charge is -2.22. The number of thiazole rings is 1. The van der Waals surface area contributed by atoms with E-state index in [0.717, 1.165) is 17.7 Å². The van der Waals surface area contributed by atoms with Crippen molar-refractivity contribution in [3.05, 3.63) is 68.9 Å². The van der Waals surface area contributed by atoms with E-state index in [9.17, 15) is 9.59 Å². The standard InChI is InChI=1S/C21H21N3O2S2/c1-14-5-2-6-15(11-14)12-16-13-22-21(28-16)23-19(25)17-7-3-9-24(17)20(26)18-8-4-10-27-18/h2,4-6,8,10-11,13,17H,3,7,9,12H2,1H3,(H,22,23,25)/t17-/m1/s1. The molecule has 0 bridgehead atoms. The number of hydrogen-bond acceptors (Lipinski definition) is 5. The summed E-state index contributed by atoms with van der Waals surface area (Å²) in [5, 5.41) is 5.37. The highest BCUT2D eigenvalue weighted by Gasteiger charge is 2.35. The van der Waals surface area contributed by atoms with Crippen molar-refractivity contribution in [3.8, 4) is 0 Å². The van der Waals surface area contributed by atoms with E-state index in [2.05, 4.69) is 35.4 Å². The van der Waals surface area contributed by atoms with Gasteiger partial charge in [0, 0.05) is 24.0 Å². The van der Waals surface area contributed by atoms with Gasteiger partial charge in [-0.05, 0) is 36.8 Å². The summed E-state index contributed by atoms with van der Waals surface area (Å²) in [6.07, 6.45) is 4.13. The van der Waals surface area contributed by atoms with E-state index >= 15 is 0 Å². The maximum atomic E-state index is 12.8. The second kappa shape index (κ2) is 8.24. The SMILES string of the molecule is Cc1cccc(Cc2cnc(NC(=O)[C@H]3CCCN3C(=O)c3cccs3)s2)c1. The van der Waals surface area contributed by atoms with E-state index < -0.39 is 6.04 Å². The molecule has 1 aliphatic rings. The number of carbonyl (C=O) groups is 2. The van der Waals surface area contributed by atoms with Gasteiger partial charge in [0.2, 0.25) is 5.91 Å². The highest BCUT2D eigenvalue weighted by molar-refractivity contribution is 7.15. The van der Waals surface area contributed by atoms with Crippen molar-refractivity contribution in [1.82, 2.24) is 9.88 Å². The van der Waals surface area contributed by atoms with Crippen LogP contribution in [0, 0.1) is 6.92 Å². The third-order valence-electron chi connectivity index (χ3n) is 4.79. The molecule has 1 aromatic carbocycles. The molecule has 4 rings (SSSR count). The second-order valence-corrected chi connectivity index (χ2v) is 8.98. The van der Waals surface area contributed by atoms with E-state index in [1.165, 1.54) is 33.8 Å². The summed E-state index contributed by atoms with van der Waals surface area (Å²) in [6.45, 7) is 2.69. The maximum absolute atomic E-state index is 12.8. The highest BCUT2D eigenvalue weighted by atomic mass is 32.1. The van der Waals surface area contributed by atoms with Crippen LogP contribution in [0.3, 0.4) is 0 Å². The van der Waals surface area contributed by atoms with Gasteiger partial charge in [-0.15, -0.1) is 22.7 Å². The molecule has 0 radical (unpaired) electrons. The molecular weight excluding hydrogens is 390 g/mol. The van der Waals surface area contributed by atoms with Gasteiger partial charge >= 0.3 is 0 Å². The molecule has 1 N–H and O–H groups in total. The number of aryl methyl sites for hydroxylation is 1. The van der Waals surface area contributed by atoms with E-state index in [-0.39, 0.29) is 11.8 Å². The van der Waals surface area contributed by atoms with Gasteiger partial charge in [0.05, 0.1) is 4.88 Å². The van der Waals surface area contributed by atoms with E-state index in [1.54, 1.807) is 11.0 Å². The third kappa shape index (κ3) is 4.15. The lowest BCUT2D eigenvalue weighted by molar-refractivity contribution is -0.119. The molecule has 3 heterocycles. The minimum Gasteiger partial charge on any atom is -0.326 e. The first-order valence-electron chi connectivity index (χ1n) is 9.26. The molecular formula is C21H21N3O2S2. The molecule has 1 fully saturated rings. The number of carbonyl (C=O) groups excluding carboxylic acids is 2. The van der Waals surface area contributed by atoms with Crippen LogP contribution in [0.2, 0.25) is 0 Å². The first kappa shape index (κ1) is 18.8. The van der Waals surface area contributed by atoms with Crippen LogP contribution in [0.5, 0.6) is 0 Å². The maximum Gasteiger partial charge on any atom is 0.264 e. The van der Waals surface area contributed by atoms with Gasteiger partial charge in [-0.2, -0.15) is 0 Å². The Balaban J connectivity index is 1.41. The number of rotatable bonds is 5. The van der Waals surface area contributed by atoms with Crippen LogP contribution in [-0.2, 0) is 11.2 Å². The predicted octanol–water partition coefficient (Wildman–Crippen LogP) is 4.35. The van der Waals surface area contributed by atoms with Gasteiger partial charge in [-0.25, -0.2) is 4.98 Å². The first-order chi connectivity index (χ1) is 13.6. The Hall–Kier alpha value is -2.51. The van der Waals surface area contributed by atoms with Gasteiger partial charge in [0.15, 0.2) is 5.13 Å². The number of aromatic nitrogens is 1. The van der Waals surface area contributed by atoms with Crippen LogP contribution in [0.1, 0.15) is 38.5 Å². The van der Waals surface area contributed by atoms with Crippen LogP contribution in [0.15, 0.2) is 48.0 Å². The Bertz CT molecular complexity index is 981. The van der Waals surface area contributed by atoms with Gasteiger partial charge in [0.1, 0.15) is 6.04 Å². The molecule has 2 amide bonds. The molecule has 5 nitrogen and oxygen atoms in total. The van der Waals surface area contributed by atoms with Crippen LogP contribution in [0.25, 0.3) is 0 Å². The lowest BCUT2D eigenvalue weighted by Crippen LogP contribution is -2.42. The summed E-state index contributed by atoms with van der Waals surface area (Å²) in [6, 6.07) is 11.6. The molecule has 1 atom stereocenters. The smallest absolute Gasteiger partial charge is 0.264 e. The van der Waals surface area contributed by atoms with Crippen molar-refractivity contribution in [2.24, 2.45) is 0 Å². The van der Waals surface area contributed by atoms with Gasteiger partial charge in [-0.1, -0.05) is 35.9 Å². The number of nitrogens with zero attached hydrogens (tertiary/aromatic N) is 2. The molecule has 28 heavy (non-hydrogen) atoms. The fourth-order valence-corrected chi connectivity index (χ4v) is 5.01.